The molecule has 7 heteroatoms. The Kier molecular flexibility index (Phi) is 6.13. The largest absolute Gasteiger partial charge is 0.459 e. The fourth-order valence-electron chi connectivity index (χ4n) is 3.36. The molecule has 4 aromatic rings. The van der Waals surface area contributed by atoms with E-state index in [4.69, 9.17) is 4.42 Å². The molecule has 0 aliphatic heterocycles. The third-order valence-electron chi connectivity index (χ3n) is 5.51. The van der Waals surface area contributed by atoms with E-state index >= 15 is 0 Å². The van der Waals surface area contributed by atoms with E-state index in [-0.39, 0.29) is 17.7 Å². The lowest BCUT2D eigenvalue weighted by atomic mass is 10.0. The molecule has 0 aliphatic rings. The molecule has 1 unspecified atom stereocenters. The van der Waals surface area contributed by atoms with Crippen molar-refractivity contribution < 1.29 is 9.21 Å². The molecule has 160 valence electrons. The van der Waals surface area contributed by atoms with Gasteiger partial charge in [0.25, 0.3) is 0 Å². The number of carbonyl (C=O) groups is 1. The third-order valence-corrected chi connectivity index (χ3v) is 6.44. The van der Waals surface area contributed by atoms with Gasteiger partial charge in [-0.25, -0.2) is 0 Å². The minimum absolute atomic E-state index is 0.00246. The fourth-order valence-corrected chi connectivity index (χ4v) is 4.22. The van der Waals surface area contributed by atoms with Crippen molar-refractivity contribution >= 4 is 28.6 Å². The highest BCUT2D eigenvalue weighted by molar-refractivity contribution is 7.99. The zero-order valence-corrected chi connectivity index (χ0v) is 19.0. The summed E-state index contributed by atoms with van der Waals surface area (Å²) in [6, 6.07) is 18.0. The van der Waals surface area contributed by atoms with Gasteiger partial charge in [-0.05, 0) is 42.7 Å². The second kappa shape index (κ2) is 8.98. The third kappa shape index (κ3) is 4.51. The maximum absolute atomic E-state index is 12.8. The van der Waals surface area contributed by atoms with Crippen LogP contribution in [-0.2, 0) is 4.79 Å². The predicted octanol–water partition coefficient (Wildman–Crippen LogP) is 5.45. The fraction of sp³-hybridized carbons (Fsp3) is 0.292. The molecule has 0 spiro atoms. The van der Waals surface area contributed by atoms with E-state index in [1.807, 2.05) is 41.8 Å². The summed E-state index contributed by atoms with van der Waals surface area (Å²) in [4.78, 5) is 14.6. The zero-order valence-electron chi connectivity index (χ0n) is 18.1. The summed E-state index contributed by atoms with van der Waals surface area (Å²) in [7, 11) is 1.80. The number of thioether (sulfide) groups is 1. The smallest absolute Gasteiger partial charge is 0.233 e. The van der Waals surface area contributed by atoms with Crippen molar-refractivity contribution in [2.45, 2.75) is 37.9 Å². The van der Waals surface area contributed by atoms with Crippen LogP contribution in [0.2, 0.25) is 0 Å². The lowest BCUT2D eigenvalue weighted by Crippen LogP contribution is -2.31. The van der Waals surface area contributed by atoms with Crippen LogP contribution in [0.4, 0.5) is 0 Å². The number of aromatic nitrogens is 3. The predicted molar refractivity (Wildman–Crippen MR) is 124 cm³/mol. The second-order valence-corrected chi connectivity index (χ2v) is 8.83. The van der Waals surface area contributed by atoms with Crippen LogP contribution in [0.1, 0.15) is 44.1 Å². The molecule has 0 bridgehead atoms. The lowest BCUT2D eigenvalue weighted by molar-refractivity contribution is -0.129. The van der Waals surface area contributed by atoms with E-state index in [9.17, 15) is 4.79 Å². The van der Waals surface area contributed by atoms with Gasteiger partial charge >= 0.3 is 0 Å². The van der Waals surface area contributed by atoms with Gasteiger partial charge in [0.05, 0.1) is 11.8 Å². The zero-order chi connectivity index (χ0) is 22.0. The SMILES string of the molecule is CC(C)c1ccc(-n2cnnc2SCC(=O)N(C)C(C)c2cc3ccccc3o2)cc1. The van der Waals surface area contributed by atoms with E-state index in [0.717, 1.165) is 22.4 Å². The van der Waals surface area contributed by atoms with Gasteiger partial charge in [0.1, 0.15) is 17.7 Å². The maximum atomic E-state index is 12.8. The van der Waals surface area contributed by atoms with Crippen molar-refractivity contribution in [3.05, 3.63) is 72.2 Å². The van der Waals surface area contributed by atoms with Crippen LogP contribution in [0, 0.1) is 0 Å². The molecule has 0 radical (unpaired) electrons. The Hall–Kier alpha value is -3.06. The standard InChI is InChI=1S/C24H26N4O2S/c1-16(2)18-9-11-20(12-10-18)28-15-25-26-24(28)31-14-23(29)27(4)17(3)22-13-19-7-5-6-8-21(19)30-22/h5-13,15-17H,14H2,1-4H3. The van der Waals surface area contributed by atoms with Crippen molar-refractivity contribution in [3.63, 3.8) is 0 Å². The van der Waals surface area contributed by atoms with Gasteiger partial charge in [-0.2, -0.15) is 0 Å². The average Bonchev–Trinajstić information content (AvgIpc) is 3.43. The Morgan fingerprint density at radius 2 is 1.87 bits per heavy atom. The van der Waals surface area contributed by atoms with Crippen LogP contribution < -0.4 is 0 Å². The Morgan fingerprint density at radius 1 is 1.13 bits per heavy atom. The highest BCUT2D eigenvalue weighted by atomic mass is 32.2. The minimum atomic E-state index is -0.165. The van der Waals surface area contributed by atoms with Gasteiger partial charge in [0.2, 0.25) is 5.91 Å². The summed E-state index contributed by atoms with van der Waals surface area (Å²) in [5.41, 5.74) is 3.09. The minimum Gasteiger partial charge on any atom is -0.459 e. The topological polar surface area (TPSA) is 64.2 Å². The monoisotopic (exact) mass is 434 g/mol. The van der Waals surface area contributed by atoms with Crippen molar-refractivity contribution in [3.8, 4) is 5.69 Å². The van der Waals surface area contributed by atoms with Gasteiger partial charge in [-0.15, -0.1) is 10.2 Å². The van der Waals surface area contributed by atoms with Gasteiger partial charge in [-0.1, -0.05) is 55.9 Å². The molecule has 31 heavy (non-hydrogen) atoms. The van der Waals surface area contributed by atoms with Crippen LogP contribution in [0.5, 0.6) is 0 Å². The molecule has 0 N–H and O–H groups in total. The molecule has 0 saturated carbocycles. The van der Waals surface area contributed by atoms with Crippen LogP contribution >= 0.6 is 11.8 Å². The first-order valence-corrected chi connectivity index (χ1v) is 11.3. The molecule has 1 atom stereocenters. The average molecular weight is 435 g/mol. The number of rotatable bonds is 7. The molecular weight excluding hydrogens is 408 g/mol. The first kappa shape index (κ1) is 21.2. The van der Waals surface area contributed by atoms with Crippen LogP contribution in [0.3, 0.4) is 0 Å². The number of fused-ring (bicyclic) bond motifs is 1. The summed E-state index contributed by atoms with van der Waals surface area (Å²) in [6.07, 6.45) is 1.68. The molecular formula is C24H26N4O2S. The van der Waals surface area contributed by atoms with E-state index in [1.165, 1.54) is 17.3 Å². The Bertz CT molecular complexity index is 1150. The van der Waals surface area contributed by atoms with E-state index in [2.05, 4.69) is 48.3 Å². The molecule has 0 aliphatic carbocycles. The van der Waals surface area contributed by atoms with E-state index in [0.29, 0.717) is 11.1 Å². The highest BCUT2D eigenvalue weighted by Crippen LogP contribution is 2.28. The number of furan rings is 1. The number of hydrogen-bond donors (Lipinski definition) is 0. The molecule has 1 amide bonds. The normalized spacial score (nSPS) is 12.4. The van der Waals surface area contributed by atoms with Gasteiger partial charge in [0, 0.05) is 18.1 Å². The molecule has 2 heterocycles. The Balaban J connectivity index is 1.42. The maximum Gasteiger partial charge on any atom is 0.233 e. The number of benzene rings is 2. The summed E-state index contributed by atoms with van der Waals surface area (Å²) in [5.74, 6) is 1.52. The van der Waals surface area contributed by atoms with Crippen molar-refractivity contribution in [2.75, 3.05) is 12.8 Å². The molecule has 0 saturated heterocycles. The second-order valence-electron chi connectivity index (χ2n) is 7.89. The van der Waals surface area contributed by atoms with E-state index in [1.54, 1.807) is 18.3 Å². The van der Waals surface area contributed by atoms with Crippen molar-refractivity contribution in [1.29, 1.82) is 0 Å². The lowest BCUT2D eigenvalue weighted by Gasteiger charge is -2.23. The van der Waals surface area contributed by atoms with Crippen LogP contribution in [0.15, 0.2) is 70.5 Å². The molecule has 6 nitrogen and oxygen atoms in total. The van der Waals surface area contributed by atoms with Gasteiger partial charge in [0.15, 0.2) is 5.16 Å². The highest BCUT2D eigenvalue weighted by Gasteiger charge is 2.21. The van der Waals surface area contributed by atoms with Gasteiger partial charge < -0.3 is 9.32 Å². The number of carbonyl (C=O) groups excluding carboxylic acids is 1. The summed E-state index contributed by atoms with van der Waals surface area (Å²) in [5, 5.41) is 9.97. The Morgan fingerprint density at radius 3 is 2.58 bits per heavy atom. The van der Waals surface area contributed by atoms with E-state index < -0.39 is 0 Å². The molecule has 4 rings (SSSR count). The summed E-state index contributed by atoms with van der Waals surface area (Å²) in [6.45, 7) is 6.31. The first-order valence-electron chi connectivity index (χ1n) is 10.3. The number of amides is 1. The quantitative estimate of drug-likeness (QED) is 0.362. The summed E-state index contributed by atoms with van der Waals surface area (Å²) < 4.78 is 7.84. The summed E-state index contributed by atoms with van der Waals surface area (Å²) >= 11 is 1.38. The number of hydrogen-bond acceptors (Lipinski definition) is 5. The van der Waals surface area contributed by atoms with Crippen LogP contribution in [0.25, 0.3) is 16.7 Å². The van der Waals surface area contributed by atoms with Gasteiger partial charge in [-0.3, -0.25) is 9.36 Å². The first-order chi connectivity index (χ1) is 14.9. The van der Waals surface area contributed by atoms with Crippen molar-refractivity contribution in [2.24, 2.45) is 0 Å². The number of nitrogens with zero attached hydrogens (tertiary/aromatic N) is 4. The van der Waals surface area contributed by atoms with Crippen LogP contribution in [-0.4, -0.2) is 38.4 Å². The molecule has 2 aromatic carbocycles. The van der Waals surface area contributed by atoms with Crippen molar-refractivity contribution in [1.82, 2.24) is 19.7 Å². The molecule has 2 aromatic heterocycles. The number of para-hydroxylation sites is 1. The molecule has 0 fully saturated rings. The Labute approximate surface area is 186 Å².